The second kappa shape index (κ2) is 13.0. The number of ether oxygens (including phenoxy) is 2. The fourth-order valence-electron chi connectivity index (χ4n) is 4.12. The summed E-state index contributed by atoms with van der Waals surface area (Å²) in [5, 5.41) is 2.91. The van der Waals surface area contributed by atoms with Gasteiger partial charge < -0.3 is 19.7 Å². The molecule has 1 heterocycles. The van der Waals surface area contributed by atoms with Crippen LogP contribution < -0.4 is 19.1 Å². The van der Waals surface area contributed by atoms with Gasteiger partial charge >= 0.3 is 0 Å². The van der Waals surface area contributed by atoms with Crippen LogP contribution in [-0.2, 0) is 26.2 Å². The SMILES string of the molecule is Cc1ccc(CN(C(=O)CCCN(c2ccc3c(c2)OCCO3)S(C)(=O)=O)C(C)C(=O)NCC(C)C)cc1. The third-order valence-electron chi connectivity index (χ3n) is 6.29. The maximum atomic E-state index is 13.4. The number of rotatable bonds is 12. The van der Waals surface area contributed by atoms with Gasteiger partial charge in [-0.25, -0.2) is 8.42 Å². The van der Waals surface area contributed by atoms with E-state index in [-0.39, 0.29) is 43.7 Å². The zero-order chi connectivity index (χ0) is 27.9. The van der Waals surface area contributed by atoms with Crippen molar-refractivity contribution in [3.05, 3.63) is 53.6 Å². The van der Waals surface area contributed by atoms with E-state index < -0.39 is 16.1 Å². The Bertz CT molecular complexity index is 1210. The Morgan fingerprint density at radius 3 is 2.29 bits per heavy atom. The number of nitrogens with one attached hydrogen (secondary N) is 1. The quantitative estimate of drug-likeness (QED) is 0.438. The minimum absolute atomic E-state index is 0.0875. The van der Waals surface area contributed by atoms with E-state index in [1.54, 1.807) is 30.0 Å². The van der Waals surface area contributed by atoms with Crippen molar-refractivity contribution in [2.75, 3.05) is 36.9 Å². The molecule has 1 aliphatic rings. The summed E-state index contributed by atoms with van der Waals surface area (Å²) in [6, 6.07) is 12.2. The zero-order valence-corrected chi connectivity index (χ0v) is 23.7. The molecule has 208 valence electrons. The van der Waals surface area contributed by atoms with Gasteiger partial charge in [0.15, 0.2) is 11.5 Å². The summed E-state index contributed by atoms with van der Waals surface area (Å²) < 4.78 is 37.6. The van der Waals surface area contributed by atoms with Crippen LogP contribution in [0.25, 0.3) is 0 Å². The van der Waals surface area contributed by atoms with Crippen LogP contribution >= 0.6 is 0 Å². The van der Waals surface area contributed by atoms with Crippen LogP contribution in [0.15, 0.2) is 42.5 Å². The number of fused-ring (bicyclic) bond motifs is 1. The molecular formula is C28H39N3O6S. The molecule has 10 heteroatoms. The highest BCUT2D eigenvalue weighted by molar-refractivity contribution is 7.92. The average Bonchev–Trinajstić information content (AvgIpc) is 2.87. The predicted octanol–water partition coefficient (Wildman–Crippen LogP) is 3.50. The fraction of sp³-hybridized carbons (Fsp3) is 0.500. The lowest BCUT2D eigenvalue weighted by molar-refractivity contribution is -0.140. The molecule has 3 rings (SSSR count). The number of nitrogens with zero attached hydrogens (tertiary/aromatic N) is 2. The summed E-state index contributed by atoms with van der Waals surface area (Å²) in [5.41, 5.74) is 2.47. The molecule has 0 spiro atoms. The second-order valence-electron chi connectivity index (χ2n) is 10.1. The summed E-state index contributed by atoms with van der Waals surface area (Å²) in [6.07, 6.45) is 1.51. The molecule has 1 aliphatic heterocycles. The minimum atomic E-state index is -3.61. The number of anilines is 1. The highest BCUT2D eigenvalue weighted by atomic mass is 32.2. The summed E-state index contributed by atoms with van der Waals surface area (Å²) in [4.78, 5) is 27.8. The van der Waals surface area contributed by atoms with E-state index in [1.807, 2.05) is 45.0 Å². The Balaban J connectivity index is 1.72. The van der Waals surface area contributed by atoms with Gasteiger partial charge in [0, 0.05) is 32.1 Å². The second-order valence-corrected chi connectivity index (χ2v) is 12.0. The number of hydrogen-bond acceptors (Lipinski definition) is 6. The lowest BCUT2D eigenvalue weighted by Crippen LogP contribution is -2.48. The molecule has 0 radical (unpaired) electrons. The van der Waals surface area contributed by atoms with Gasteiger partial charge in [-0.15, -0.1) is 0 Å². The number of carbonyl (C=O) groups excluding carboxylic acids is 2. The Morgan fingerprint density at radius 2 is 1.66 bits per heavy atom. The smallest absolute Gasteiger partial charge is 0.242 e. The van der Waals surface area contributed by atoms with E-state index in [9.17, 15) is 18.0 Å². The molecule has 0 aromatic heterocycles. The molecule has 1 atom stereocenters. The van der Waals surface area contributed by atoms with Crippen LogP contribution in [0.5, 0.6) is 11.5 Å². The number of benzene rings is 2. The molecule has 0 bridgehead atoms. The van der Waals surface area contributed by atoms with Crippen LogP contribution in [0.2, 0.25) is 0 Å². The van der Waals surface area contributed by atoms with Gasteiger partial charge in [0.25, 0.3) is 0 Å². The molecule has 38 heavy (non-hydrogen) atoms. The average molecular weight is 546 g/mol. The molecule has 0 fully saturated rings. The topological polar surface area (TPSA) is 105 Å². The Kier molecular flexibility index (Phi) is 10.0. The monoisotopic (exact) mass is 545 g/mol. The molecule has 0 aliphatic carbocycles. The molecule has 1 N–H and O–H groups in total. The van der Waals surface area contributed by atoms with Gasteiger partial charge in [0.05, 0.1) is 11.9 Å². The number of aryl methyl sites for hydroxylation is 1. The first kappa shape index (κ1) is 29.3. The normalized spacial score (nSPS) is 13.6. The van der Waals surface area contributed by atoms with Crippen molar-refractivity contribution in [1.82, 2.24) is 10.2 Å². The first-order valence-corrected chi connectivity index (χ1v) is 14.8. The first-order valence-electron chi connectivity index (χ1n) is 13.0. The van der Waals surface area contributed by atoms with Crippen LogP contribution in [0.4, 0.5) is 5.69 Å². The minimum Gasteiger partial charge on any atom is -0.486 e. The van der Waals surface area contributed by atoms with E-state index in [0.717, 1.165) is 17.4 Å². The third-order valence-corrected chi connectivity index (χ3v) is 7.49. The van der Waals surface area contributed by atoms with Crippen molar-refractivity contribution in [3.63, 3.8) is 0 Å². The summed E-state index contributed by atoms with van der Waals surface area (Å²) >= 11 is 0. The van der Waals surface area contributed by atoms with Gasteiger partial charge in [-0.3, -0.25) is 13.9 Å². The molecule has 0 saturated heterocycles. The Morgan fingerprint density at radius 1 is 1.00 bits per heavy atom. The largest absolute Gasteiger partial charge is 0.486 e. The van der Waals surface area contributed by atoms with Crippen LogP contribution in [-0.4, -0.2) is 63.7 Å². The molecule has 9 nitrogen and oxygen atoms in total. The van der Waals surface area contributed by atoms with E-state index in [0.29, 0.717) is 36.9 Å². The van der Waals surface area contributed by atoms with Crippen molar-refractivity contribution >= 4 is 27.5 Å². The highest BCUT2D eigenvalue weighted by Crippen LogP contribution is 2.34. The zero-order valence-electron chi connectivity index (χ0n) is 22.9. The van der Waals surface area contributed by atoms with Crippen LogP contribution in [0.1, 0.15) is 44.7 Å². The van der Waals surface area contributed by atoms with Gasteiger partial charge in [-0.05, 0) is 43.9 Å². The summed E-state index contributed by atoms with van der Waals surface area (Å²) in [5.74, 6) is 0.917. The maximum Gasteiger partial charge on any atom is 0.242 e. The molecular weight excluding hydrogens is 506 g/mol. The maximum absolute atomic E-state index is 13.4. The van der Waals surface area contributed by atoms with Gasteiger partial charge in [-0.2, -0.15) is 0 Å². The molecule has 2 amide bonds. The van der Waals surface area contributed by atoms with Crippen LogP contribution in [0.3, 0.4) is 0 Å². The molecule has 2 aromatic carbocycles. The lowest BCUT2D eigenvalue weighted by Gasteiger charge is -2.30. The molecule has 2 aromatic rings. The lowest BCUT2D eigenvalue weighted by atomic mass is 10.1. The number of carbonyl (C=O) groups is 2. The van der Waals surface area contributed by atoms with Gasteiger partial charge in [0.1, 0.15) is 19.3 Å². The van der Waals surface area contributed by atoms with E-state index in [4.69, 9.17) is 9.47 Å². The van der Waals surface area contributed by atoms with Crippen molar-refractivity contribution in [2.45, 2.75) is 53.1 Å². The van der Waals surface area contributed by atoms with Crippen molar-refractivity contribution in [3.8, 4) is 11.5 Å². The Labute approximate surface area is 226 Å². The molecule has 0 saturated carbocycles. The third kappa shape index (κ3) is 8.11. The number of hydrogen-bond donors (Lipinski definition) is 1. The predicted molar refractivity (Wildman–Crippen MR) is 148 cm³/mol. The highest BCUT2D eigenvalue weighted by Gasteiger charge is 2.27. The summed E-state index contributed by atoms with van der Waals surface area (Å²) in [7, 11) is -3.61. The van der Waals surface area contributed by atoms with Gasteiger partial charge in [-0.1, -0.05) is 43.7 Å². The van der Waals surface area contributed by atoms with Crippen molar-refractivity contribution in [2.24, 2.45) is 5.92 Å². The number of amides is 2. The standard InChI is InChI=1S/C28H39N3O6S/c1-20(2)18-29-28(33)22(4)30(19-23-10-8-21(3)9-11-23)27(32)7-6-14-31(38(5,34)35)24-12-13-25-26(17-24)37-16-15-36-25/h8-13,17,20,22H,6-7,14-16,18-19H2,1-5H3,(H,29,33). The van der Waals surface area contributed by atoms with E-state index in [1.165, 1.54) is 4.31 Å². The van der Waals surface area contributed by atoms with Crippen LogP contribution in [0, 0.1) is 12.8 Å². The van der Waals surface area contributed by atoms with E-state index >= 15 is 0 Å². The summed E-state index contributed by atoms with van der Waals surface area (Å²) in [6.45, 7) is 9.48. The fourth-order valence-corrected chi connectivity index (χ4v) is 5.07. The first-order chi connectivity index (χ1) is 18.0. The van der Waals surface area contributed by atoms with Gasteiger partial charge in [0.2, 0.25) is 21.8 Å². The molecule has 1 unspecified atom stereocenters. The van der Waals surface area contributed by atoms with Crippen molar-refractivity contribution < 1.29 is 27.5 Å². The number of sulfonamides is 1. The van der Waals surface area contributed by atoms with E-state index in [2.05, 4.69) is 5.32 Å². The van der Waals surface area contributed by atoms with Crippen molar-refractivity contribution in [1.29, 1.82) is 0 Å². The Hall–Kier alpha value is -3.27.